The van der Waals surface area contributed by atoms with Gasteiger partial charge in [-0.25, -0.2) is 4.79 Å². The number of oxazole rings is 1. The molecular formula is C15H16N2O2S. The summed E-state index contributed by atoms with van der Waals surface area (Å²) in [6, 6.07) is 7.64. The van der Waals surface area contributed by atoms with Crippen LogP contribution in [0.3, 0.4) is 0 Å². The van der Waals surface area contributed by atoms with E-state index in [0.717, 1.165) is 17.5 Å². The van der Waals surface area contributed by atoms with Crippen molar-refractivity contribution < 1.29 is 4.42 Å². The third-order valence-electron chi connectivity index (χ3n) is 3.62. The molecule has 0 aliphatic heterocycles. The van der Waals surface area contributed by atoms with Gasteiger partial charge in [-0.15, -0.1) is 11.3 Å². The molecule has 0 saturated heterocycles. The fraction of sp³-hybridized carbons (Fsp3) is 0.267. The van der Waals surface area contributed by atoms with E-state index >= 15 is 0 Å². The van der Waals surface area contributed by atoms with E-state index in [4.69, 9.17) is 10.2 Å². The Labute approximate surface area is 120 Å². The minimum atomic E-state index is -0.351. The molecule has 0 saturated carbocycles. The van der Waals surface area contributed by atoms with Gasteiger partial charge in [-0.05, 0) is 41.1 Å². The Balaban J connectivity index is 2.08. The molecule has 2 N–H and O–H groups in total. The van der Waals surface area contributed by atoms with Crippen LogP contribution in [-0.4, -0.2) is 4.57 Å². The standard InChI is InChI=1S/C15H16N2O2S/c1-3-9-6-7-20-14(9)13(16)10-4-5-11-12(8-10)19-15(18)17(11)2/h4-8,13H,3,16H2,1-2H3. The van der Waals surface area contributed by atoms with Crippen LogP contribution in [0.1, 0.15) is 29.0 Å². The van der Waals surface area contributed by atoms with Crippen LogP contribution in [0.2, 0.25) is 0 Å². The first-order chi connectivity index (χ1) is 9.61. The van der Waals surface area contributed by atoms with Crippen LogP contribution in [0.15, 0.2) is 38.9 Å². The Morgan fingerprint density at radius 3 is 2.95 bits per heavy atom. The lowest BCUT2D eigenvalue weighted by molar-refractivity contribution is 0.527. The summed E-state index contributed by atoms with van der Waals surface area (Å²) in [5.41, 5.74) is 9.96. The average Bonchev–Trinajstić information content (AvgIpc) is 3.03. The summed E-state index contributed by atoms with van der Waals surface area (Å²) in [7, 11) is 1.70. The van der Waals surface area contributed by atoms with Crippen LogP contribution in [0, 0.1) is 0 Å². The van der Waals surface area contributed by atoms with E-state index in [2.05, 4.69) is 18.4 Å². The molecule has 20 heavy (non-hydrogen) atoms. The summed E-state index contributed by atoms with van der Waals surface area (Å²) in [5, 5.41) is 2.06. The monoisotopic (exact) mass is 288 g/mol. The van der Waals surface area contributed by atoms with E-state index < -0.39 is 0 Å². The first-order valence-electron chi connectivity index (χ1n) is 6.53. The van der Waals surface area contributed by atoms with Crippen molar-refractivity contribution in [2.24, 2.45) is 12.8 Å². The van der Waals surface area contributed by atoms with Gasteiger partial charge in [0.25, 0.3) is 0 Å². The van der Waals surface area contributed by atoms with Crippen molar-refractivity contribution in [2.45, 2.75) is 19.4 Å². The van der Waals surface area contributed by atoms with Crippen molar-refractivity contribution in [1.29, 1.82) is 0 Å². The zero-order valence-electron chi connectivity index (χ0n) is 11.4. The molecule has 4 nitrogen and oxygen atoms in total. The molecule has 0 fully saturated rings. The van der Waals surface area contributed by atoms with Gasteiger partial charge in [-0.3, -0.25) is 4.57 Å². The minimum Gasteiger partial charge on any atom is -0.408 e. The van der Waals surface area contributed by atoms with Crippen LogP contribution in [0.5, 0.6) is 0 Å². The number of benzene rings is 1. The fourth-order valence-corrected chi connectivity index (χ4v) is 3.43. The van der Waals surface area contributed by atoms with Gasteiger partial charge in [0.05, 0.1) is 11.6 Å². The van der Waals surface area contributed by atoms with Crippen LogP contribution >= 0.6 is 11.3 Å². The Bertz CT molecular complexity index is 813. The van der Waals surface area contributed by atoms with Gasteiger partial charge in [0.15, 0.2) is 5.58 Å². The molecule has 3 rings (SSSR count). The number of hydrogen-bond acceptors (Lipinski definition) is 4. The van der Waals surface area contributed by atoms with Crippen molar-refractivity contribution in [3.8, 4) is 0 Å². The molecule has 0 radical (unpaired) electrons. The van der Waals surface area contributed by atoms with Gasteiger partial charge in [-0.1, -0.05) is 13.0 Å². The van der Waals surface area contributed by atoms with Crippen molar-refractivity contribution in [1.82, 2.24) is 4.57 Å². The highest BCUT2D eigenvalue weighted by molar-refractivity contribution is 7.10. The van der Waals surface area contributed by atoms with Crippen LogP contribution in [-0.2, 0) is 13.5 Å². The average molecular weight is 288 g/mol. The molecule has 5 heteroatoms. The van der Waals surface area contributed by atoms with Gasteiger partial charge in [-0.2, -0.15) is 0 Å². The second-order valence-electron chi connectivity index (χ2n) is 4.80. The smallest absolute Gasteiger partial charge is 0.408 e. The first kappa shape index (κ1) is 13.1. The number of fused-ring (bicyclic) bond motifs is 1. The predicted octanol–water partition coefficient (Wildman–Crippen LogP) is 2.80. The normalized spacial score (nSPS) is 12.9. The van der Waals surface area contributed by atoms with Gasteiger partial charge in [0.1, 0.15) is 0 Å². The van der Waals surface area contributed by atoms with E-state index in [1.165, 1.54) is 15.0 Å². The molecule has 1 aromatic carbocycles. The summed E-state index contributed by atoms with van der Waals surface area (Å²) in [6.45, 7) is 2.12. The molecule has 2 aromatic heterocycles. The zero-order valence-corrected chi connectivity index (χ0v) is 12.2. The quantitative estimate of drug-likeness (QED) is 0.806. The number of nitrogens with zero attached hydrogens (tertiary/aromatic N) is 1. The largest absolute Gasteiger partial charge is 0.419 e. The number of thiophene rings is 1. The Hall–Kier alpha value is -1.85. The van der Waals surface area contributed by atoms with Crippen molar-refractivity contribution in [2.75, 3.05) is 0 Å². The van der Waals surface area contributed by atoms with E-state index in [9.17, 15) is 4.79 Å². The van der Waals surface area contributed by atoms with Gasteiger partial charge >= 0.3 is 5.76 Å². The van der Waals surface area contributed by atoms with E-state index in [-0.39, 0.29) is 11.8 Å². The van der Waals surface area contributed by atoms with Gasteiger partial charge in [0.2, 0.25) is 0 Å². The SMILES string of the molecule is CCc1ccsc1C(N)c1ccc2c(c1)oc(=O)n2C. The molecule has 0 bridgehead atoms. The second kappa shape index (κ2) is 4.92. The first-order valence-corrected chi connectivity index (χ1v) is 7.41. The summed E-state index contributed by atoms with van der Waals surface area (Å²) >= 11 is 1.67. The molecule has 1 atom stereocenters. The number of nitrogens with two attached hydrogens (primary N) is 1. The Morgan fingerprint density at radius 1 is 1.40 bits per heavy atom. The number of hydrogen-bond donors (Lipinski definition) is 1. The fourth-order valence-electron chi connectivity index (χ4n) is 2.41. The summed E-state index contributed by atoms with van der Waals surface area (Å²) < 4.78 is 6.71. The maximum absolute atomic E-state index is 11.5. The van der Waals surface area contributed by atoms with Crippen LogP contribution in [0.25, 0.3) is 11.1 Å². The summed E-state index contributed by atoms with van der Waals surface area (Å²) in [5.74, 6) is -0.351. The zero-order chi connectivity index (χ0) is 14.3. The molecule has 104 valence electrons. The lowest BCUT2D eigenvalue weighted by Crippen LogP contribution is -2.12. The molecular weight excluding hydrogens is 272 g/mol. The van der Waals surface area contributed by atoms with E-state index in [1.54, 1.807) is 18.4 Å². The van der Waals surface area contributed by atoms with Crippen molar-refractivity contribution in [3.05, 3.63) is 56.2 Å². The minimum absolute atomic E-state index is 0.181. The Kier molecular flexibility index (Phi) is 3.23. The lowest BCUT2D eigenvalue weighted by Gasteiger charge is -2.12. The number of aryl methyl sites for hydroxylation is 2. The molecule has 0 spiro atoms. The molecule has 1 unspecified atom stereocenters. The third-order valence-corrected chi connectivity index (χ3v) is 4.66. The number of aromatic nitrogens is 1. The lowest BCUT2D eigenvalue weighted by atomic mass is 10.0. The maximum atomic E-state index is 11.5. The summed E-state index contributed by atoms with van der Waals surface area (Å²) in [6.07, 6.45) is 0.967. The molecule has 2 heterocycles. The molecule has 0 aliphatic rings. The van der Waals surface area contributed by atoms with Crippen molar-refractivity contribution >= 4 is 22.4 Å². The second-order valence-corrected chi connectivity index (χ2v) is 5.74. The molecule has 0 aliphatic carbocycles. The topological polar surface area (TPSA) is 61.2 Å². The van der Waals surface area contributed by atoms with Crippen LogP contribution < -0.4 is 11.5 Å². The van der Waals surface area contributed by atoms with Crippen LogP contribution in [0.4, 0.5) is 0 Å². The highest BCUT2D eigenvalue weighted by atomic mass is 32.1. The summed E-state index contributed by atoms with van der Waals surface area (Å²) in [4.78, 5) is 12.7. The number of rotatable bonds is 3. The van der Waals surface area contributed by atoms with Gasteiger partial charge in [0, 0.05) is 11.9 Å². The third kappa shape index (κ3) is 1.99. The van der Waals surface area contributed by atoms with E-state index in [1.807, 2.05) is 18.2 Å². The predicted molar refractivity (Wildman–Crippen MR) is 81.2 cm³/mol. The van der Waals surface area contributed by atoms with E-state index in [0.29, 0.717) is 5.58 Å². The maximum Gasteiger partial charge on any atom is 0.419 e. The molecule has 3 aromatic rings. The Morgan fingerprint density at radius 2 is 2.20 bits per heavy atom. The molecule has 0 amide bonds. The highest BCUT2D eigenvalue weighted by Crippen LogP contribution is 2.29. The van der Waals surface area contributed by atoms with Gasteiger partial charge < -0.3 is 10.2 Å². The highest BCUT2D eigenvalue weighted by Gasteiger charge is 2.16. The van der Waals surface area contributed by atoms with Crippen molar-refractivity contribution in [3.63, 3.8) is 0 Å².